The Morgan fingerprint density at radius 3 is 2.27 bits per heavy atom. The number of nitrogens with one attached hydrogen (secondary N) is 2. The molecule has 0 aliphatic carbocycles. The molecule has 4 amide bonds. The van der Waals surface area contributed by atoms with E-state index in [4.69, 9.17) is 4.74 Å². The van der Waals surface area contributed by atoms with Gasteiger partial charge in [-0.2, -0.15) is 0 Å². The smallest absolute Gasteiger partial charge is 0.279 e. The zero-order chi connectivity index (χ0) is 23.4. The van der Waals surface area contributed by atoms with Gasteiger partial charge in [-0.25, -0.2) is 0 Å². The predicted molar refractivity (Wildman–Crippen MR) is 121 cm³/mol. The molecule has 1 atom stereocenters. The zero-order valence-corrected chi connectivity index (χ0v) is 18.0. The fourth-order valence-electron chi connectivity index (χ4n) is 3.53. The fraction of sp³-hybridized carbons (Fsp3) is 0.200. The number of amides is 4. The molecule has 3 aromatic carbocycles. The first-order valence-corrected chi connectivity index (χ1v) is 10.6. The van der Waals surface area contributed by atoms with Crippen molar-refractivity contribution in [2.45, 2.75) is 32.4 Å². The summed E-state index contributed by atoms with van der Waals surface area (Å²) in [6.07, 6.45) is -0.353. The van der Waals surface area contributed by atoms with E-state index in [1.165, 1.54) is 4.90 Å². The molecule has 8 heteroatoms. The molecule has 33 heavy (non-hydrogen) atoms. The number of likely N-dealkylation sites (tertiary alicyclic amines) is 1. The first-order valence-electron chi connectivity index (χ1n) is 10.6. The third-order valence-electron chi connectivity index (χ3n) is 5.41. The maximum atomic E-state index is 12.4. The minimum absolute atomic E-state index is 0.180. The van der Waals surface area contributed by atoms with Crippen molar-refractivity contribution in [1.29, 1.82) is 0 Å². The van der Waals surface area contributed by atoms with Gasteiger partial charge in [0.25, 0.3) is 11.8 Å². The van der Waals surface area contributed by atoms with Crippen molar-refractivity contribution in [2.24, 2.45) is 0 Å². The van der Waals surface area contributed by atoms with Gasteiger partial charge >= 0.3 is 0 Å². The van der Waals surface area contributed by atoms with Crippen LogP contribution in [-0.2, 0) is 20.9 Å². The summed E-state index contributed by atoms with van der Waals surface area (Å²) in [5.74, 6) is -0.831. The first-order chi connectivity index (χ1) is 15.9. The number of ether oxygens (including phenoxy) is 1. The summed E-state index contributed by atoms with van der Waals surface area (Å²) in [6.45, 7) is 1.77. The second kappa shape index (κ2) is 9.52. The molecule has 0 spiro atoms. The van der Waals surface area contributed by atoms with Crippen LogP contribution in [0.4, 0.5) is 0 Å². The number of hydrogen-bond donors (Lipinski definition) is 2. The van der Waals surface area contributed by atoms with Crippen molar-refractivity contribution in [1.82, 2.24) is 15.8 Å². The topological polar surface area (TPSA) is 105 Å². The number of nitrogens with zero attached hydrogens (tertiary/aromatic N) is 1. The minimum Gasteiger partial charge on any atom is -0.481 e. The van der Waals surface area contributed by atoms with Crippen LogP contribution in [-0.4, -0.2) is 34.6 Å². The second-order valence-corrected chi connectivity index (χ2v) is 7.78. The lowest BCUT2D eigenvalue weighted by molar-refractivity contribution is -0.139. The van der Waals surface area contributed by atoms with Gasteiger partial charge in [0.05, 0.1) is 6.54 Å². The van der Waals surface area contributed by atoms with Gasteiger partial charge in [-0.15, -0.1) is 0 Å². The normalized spacial score (nSPS) is 14.3. The molecular weight excluding hydrogens is 422 g/mol. The number of rotatable bonds is 6. The Balaban J connectivity index is 1.28. The molecule has 3 aromatic rings. The molecule has 8 nitrogen and oxygen atoms in total. The number of benzene rings is 3. The third-order valence-corrected chi connectivity index (χ3v) is 5.41. The fourth-order valence-corrected chi connectivity index (χ4v) is 3.53. The Morgan fingerprint density at radius 2 is 1.58 bits per heavy atom. The van der Waals surface area contributed by atoms with E-state index in [0.29, 0.717) is 11.3 Å². The van der Waals surface area contributed by atoms with E-state index >= 15 is 0 Å². The maximum Gasteiger partial charge on any atom is 0.279 e. The highest BCUT2D eigenvalue weighted by Crippen LogP contribution is 2.21. The summed E-state index contributed by atoms with van der Waals surface area (Å²) >= 11 is 0. The van der Waals surface area contributed by atoms with Gasteiger partial charge in [-0.05, 0) is 47.5 Å². The van der Waals surface area contributed by atoms with Crippen molar-refractivity contribution in [3.05, 3.63) is 77.9 Å². The minimum atomic E-state index is -0.829. The number of hydrazine groups is 1. The Kier molecular flexibility index (Phi) is 6.35. The molecule has 1 unspecified atom stereocenters. The summed E-state index contributed by atoms with van der Waals surface area (Å²) < 4.78 is 5.70. The van der Waals surface area contributed by atoms with Crippen molar-refractivity contribution in [2.75, 3.05) is 0 Å². The summed E-state index contributed by atoms with van der Waals surface area (Å²) in [6, 6.07) is 19.8. The van der Waals surface area contributed by atoms with E-state index in [1.54, 1.807) is 37.3 Å². The van der Waals surface area contributed by atoms with Crippen LogP contribution in [0.1, 0.15) is 35.7 Å². The van der Waals surface area contributed by atoms with E-state index in [1.807, 2.05) is 36.4 Å². The van der Waals surface area contributed by atoms with Gasteiger partial charge in [0.1, 0.15) is 5.75 Å². The van der Waals surface area contributed by atoms with Crippen LogP contribution < -0.4 is 15.6 Å². The van der Waals surface area contributed by atoms with E-state index in [9.17, 15) is 19.2 Å². The number of carbonyl (C=O) groups excluding carboxylic acids is 4. The third kappa shape index (κ3) is 5.17. The number of hydrogen-bond acceptors (Lipinski definition) is 5. The van der Waals surface area contributed by atoms with Crippen LogP contribution in [0.5, 0.6) is 5.75 Å². The van der Waals surface area contributed by atoms with Gasteiger partial charge in [0.15, 0.2) is 6.10 Å². The van der Waals surface area contributed by atoms with Gasteiger partial charge in [-0.3, -0.25) is 34.9 Å². The zero-order valence-electron chi connectivity index (χ0n) is 18.0. The van der Waals surface area contributed by atoms with Crippen molar-refractivity contribution in [3.63, 3.8) is 0 Å². The standard InChI is InChI=1S/C25H23N3O5/c1-16(33-21-11-10-18-4-2-3-5-20(18)14-21)24(31)26-27-25(32)19-8-6-17(7-9-19)15-28-22(29)12-13-23(28)30/h2-11,14,16H,12-13,15H2,1H3,(H,26,31)(H,27,32). The molecule has 1 aliphatic heterocycles. The number of imide groups is 1. The second-order valence-electron chi connectivity index (χ2n) is 7.78. The quantitative estimate of drug-likeness (QED) is 0.448. The summed E-state index contributed by atoms with van der Waals surface area (Å²) in [5.41, 5.74) is 5.78. The molecule has 4 rings (SSSR count). The molecule has 1 heterocycles. The monoisotopic (exact) mass is 445 g/mol. The van der Waals surface area contributed by atoms with Crippen LogP contribution in [0.3, 0.4) is 0 Å². The first kappa shape index (κ1) is 22.0. The lowest BCUT2D eigenvalue weighted by Crippen LogP contribution is -2.47. The van der Waals surface area contributed by atoms with Crippen molar-refractivity contribution in [3.8, 4) is 5.75 Å². The van der Waals surface area contributed by atoms with E-state index in [2.05, 4.69) is 10.9 Å². The van der Waals surface area contributed by atoms with Gasteiger partial charge in [0.2, 0.25) is 11.8 Å². The Bertz CT molecular complexity index is 1210. The highest BCUT2D eigenvalue weighted by molar-refractivity contribution is 6.02. The van der Waals surface area contributed by atoms with Gasteiger partial charge < -0.3 is 4.74 Å². The van der Waals surface area contributed by atoms with Crippen LogP contribution in [0.2, 0.25) is 0 Å². The number of fused-ring (bicyclic) bond motifs is 1. The Labute approximate surface area is 190 Å². The highest BCUT2D eigenvalue weighted by atomic mass is 16.5. The average molecular weight is 445 g/mol. The molecule has 0 bridgehead atoms. The van der Waals surface area contributed by atoms with Crippen LogP contribution in [0, 0.1) is 0 Å². The van der Waals surface area contributed by atoms with Crippen LogP contribution >= 0.6 is 0 Å². The molecule has 168 valence electrons. The highest BCUT2D eigenvalue weighted by Gasteiger charge is 2.28. The molecule has 2 N–H and O–H groups in total. The maximum absolute atomic E-state index is 12.4. The lowest BCUT2D eigenvalue weighted by atomic mass is 10.1. The SMILES string of the molecule is CC(Oc1ccc2ccccc2c1)C(=O)NNC(=O)c1ccc(CN2C(=O)CCC2=O)cc1. The average Bonchev–Trinajstić information content (AvgIpc) is 3.14. The summed E-state index contributed by atoms with van der Waals surface area (Å²) in [4.78, 5) is 49.4. The molecule has 0 radical (unpaired) electrons. The molecule has 1 saturated heterocycles. The van der Waals surface area contributed by atoms with Crippen molar-refractivity contribution < 1.29 is 23.9 Å². The Hall–Kier alpha value is -4.20. The summed E-state index contributed by atoms with van der Waals surface area (Å²) in [5, 5.41) is 2.07. The molecular formula is C25H23N3O5. The largest absolute Gasteiger partial charge is 0.481 e. The van der Waals surface area contributed by atoms with Crippen molar-refractivity contribution >= 4 is 34.4 Å². The van der Waals surface area contributed by atoms with Gasteiger partial charge in [-0.1, -0.05) is 42.5 Å². The molecule has 1 aliphatic rings. The Morgan fingerprint density at radius 1 is 0.909 bits per heavy atom. The predicted octanol–water partition coefficient (Wildman–Crippen LogP) is 2.72. The molecule has 1 fully saturated rings. The van der Waals surface area contributed by atoms with Crippen LogP contribution in [0.15, 0.2) is 66.7 Å². The number of carbonyl (C=O) groups is 4. The van der Waals surface area contributed by atoms with E-state index < -0.39 is 17.9 Å². The molecule has 0 aromatic heterocycles. The molecule has 0 saturated carbocycles. The summed E-state index contributed by atoms with van der Waals surface area (Å²) in [7, 11) is 0. The van der Waals surface area contributed by atoms with Crippen LogP contribution in [0.25, 0.3) is 10.8 Å². The van der Waals surface area contributed by atoms with Gasteiger partial charge in [0, 0.05) is 18.4 Å². The van der Waals surface area contributed by atoms with E-state index in [0.717, 1.165) is 16.3 Å². The van der Waals surface area contributed by atoms with E-state index in [-0.39, 0.29) is 31.2 Å². The lowest BCUT2D eigenvalue weighted by Gasteiger charge is -2.16.